The van der Waals surface area contributed by atoms with Crippen molar-refractivity contribution in [1.82, 2.24) is 9.62 Å². The number of hydrogen-bond donors (Lipinski definition) is 1. The molecule has 9 heteroatoms. The van der Waals surface area contributed by atoms with Crippen molar-refractivity contribution in [3.63, 3.8) is 0 Å². The summed E-state index contributed by atoms with van der Waals surface area (Å²) < 4.78 is 42.9. The van der Waals surface area contributed by atoms with Crippen LogP contribution in [0.1, 0.15) is 17.3 Å². The van der Waals surface area contributed by atoms with Crippen molar-refractivity contribution in [3.05, 3.63) is 54.1 Å². The molecule has 162 valence electrons. The minimum absolute atomic E-state index is 0.161. The van der Waals surface area contributed by atoms with Crippen LogP contribution in [0, 0.1) is 0 Å². The Morgan fingerprint density at radius 1 is 1.10 bits per heavy atom. The lowest BCUT2D eigenvalue weighted by Crippen LogP contribution is -2.40. The van der Waals surface area contributed by atoms with Crippen molar-refractivity contribution < 1.29 is 27.4 Å². The highest BCUT2D eigenvalue weighted by molar-refractivity contribution is 7.89. The maximum absolute atomic E-state index is 12.7. The molecule has 0 spiro atoms. The molecule has 1 fully saturated rings. The normalized spacial score (nSPS) is 15.9. The number of sulfonamides is 1. The molecule has 0 saturated carbocycles. The van der Waals surface area contributed by atoms with Crippen molar-refractivity contribution in [2.75, 3.05) is 40.0 Å². The summed E-state index contributed by atoms with van der Waals surface area (Å²) in [5.74, 6) is 0.910. The van der Waals surface area contributed by atoms with Gasteiger partial charge >= 0.3 is 0 Å². The molecule has 2 aromatic rings. The van der Waals surface area contributed by atoms with Crippen LogP contribution in [-0.4, -0.2) is 64.7 Å². The molecular weight excluding hydrogens is 408 g/mol. The summed E-state index contributed by atoms with van der Waals surface area (Å²) >= 11 is 0. The van der Waals surface area contributed by atoms with E-state index in [-0.39, 0.29) is 23.5 Å². The molecular formula is C21H26N2O6S. The van der Waals surface area contributed by atoms with Gasteiger partial charge in [-0.05, 0) is 43.3 Å². The quantitative estimate of drug-likeness (QED) is 0.682. The maximum atomic E-state index is 12.7. The number of para-hydroxylation sites is 2. The van der Waals surface area contributed by atoms with E-state index in [9.17, 15) is 13.2 Å². The first-order chi connectivity index (χ1) is 14.4. The average Bonchev–Trinajstić information content (AvgIpc) is 2.78. The lowest BCUT2D eigenvalue weighted by molar-refractivity contribution is 0.0730. The van der Waals surface area contributed by atoms with Gasteiger partial charge in [0.1, 0.15) is 6.61 Å². The Morgan fingerprint density at radius 2 is 1.73 bits per heavy atom. The van der Waals surface area contributed by atoms with Crippen molar-refractivity contribution in [3.8, 4) is 11.5 Å². The van der Waals surface area contributed by atoms with Crippen LogP contribution in [0.25, 0.3) is 0 Å². The third-order valence-corrected chi connectivity index (χ3v) is 6.57. The van der Waals surface area contributed by atoms with Crippen LogP contribution in [-0.2, 0) is 14.8 Å². The minimum Gasteiger partial charge on any atom is -0.493 e. The molecule has 1 aliphatic rings. The summed E-state index contributed by atoms with van der Waals surface area (Å²) in [6.45, 7) is 3.51. The second-order valence-electron chi connectivity index (χ2n) is 6.88. The van der Waals surface area contributed by atoms with Gasteiger partial charge in [0.25, 0.3) is 5.91 Å². The second kappa shape index (κ2) is 9.92. The monoisotopic (exact) mass is 434 g/mol. The number of hydrogen-bond acceptors (Lipinski definition) is 6. The van der Waals surface area contributed by atoms with Gasteiger partial charge in [-0.25, -0.2) is 8.42 Å². The molecule has 1 atom stereocenters. The molecule has 1 aliphatic heterocycles. The summed E-state index contributed by atoms with van der Waals surface area (Å²) in [5, 5.41) is 2.84. The van der Waals surface area contributed by atoms with Gasteiger partial charge in [0.2, 0.25) is 10.0 Å². The Morgan fingerprint density at radius 3 is 2.37 bits per heavy atom. The second-order valence-corrected chi connectivity index (χ2v) is 8.82. The Labute approximate surface area is 176 Å². The van der Waals surface area contributed by atoms with Crippen molar-refractivity contribution in [2.24, 2.45) is 0 Å². The Balaban J connectivity index is 1.57. The fraction of sp³-hybridized carbons (Fsp3) is 0.381. The van der Waals surface area contributed by atoms with E-state index in [2.05, 4.69) is 5.32 Å². The Kier molecular flexibility index (Phi) is 7.30. The number of ether oxygens (including phenoxy) is 3. The fourth-order valence-electron chi connectivity index (χ4n) is 3.02. The fourth-order valence-corrected chi connectivity index (χ4v) is 4.42. The van der Waals surface area contributed by atoms with E-state index in [0.29, 0.717) is 43.4 Å². The van der Waals surface area contributed by atoms with E-state index >= 15 is 0 Å². The molecule has 0 aromatic heterocycles. The number of nitrogens with zero attached hydrogens (tertiary/aromatic N) is 1. The molecule has 1 N–H and O–H groups in total. The van der Waals surface area contributed by atoms with Gasteiger partial charge in [-0.15, -0.1) is 0 Å². The summed E-state index contributed by atoms with van der Waals surface area (Å²) in [6, 6.07) is 12.9. The molecule has 0 bridgehead atoms. The largest absolute Gasteiger partial charge is 0.493 e. The third-order valence-electron chi connectivity index (χ3n) is 4.66. The van der Waals surface area contributed by atoms with Crippen LogP contribution in [0.3, 0.4) is 0 Å². The molecule has 2 aromatic carbocycles. The lowest BCUT2D eigenvalue weighted by atomic mass is 10.2. The summed E-state index contributed by atoms with van der Waals surface area (Å²) in [4.78, 5) is 12.6. The van der Waals surface area contributed by atoms with E-state index in [1.165, 1.54) is 28.6 Å². The number of morpholine rings is 1. The van der Waals surface area contributed by atoms with Crippen molar-refractivity contribution in [2.45, 2.75) is 17.9 Å². The van der Waals surface area contributed by atoms with Crippen LogP contribution >= 0.6 is 0 Å². The Hall–Kier alpha value is -2.62. The van der Waals surface area contributed by atoms with Crippen LogP contribution < -0.4 is 14.8 Å². The number of carbonyl (C=O) groups is 1. The summed E-state index contributed by atoms with van der Waals surface area (Å²) in [6.07, 6.45) is 0. The molecule has 3 rings (SSSR count). The van der Waals surface area contributed by atoms with Crippen molar-refractivity contribution >= 4 is 15.9 Å². The molecule has 0 unspecified atom stereocenters. The number of methoxy groups -OCH3 is 1. The molecule has 30 heavy (non-hydrogen) atoms. The molecule has 1 saturated heterocycles. The zero-order valence-corrected chi connectivity index (χ0v) is 17.9. The van der Waals surface area contributed by atoms with Gasteiger partial charge in [0.05, 0.1) is 31.3 Å². The number of nitrogens with one attached hydrogen (secondary N) is 1. The summed E-state index contributed by atoms with van der Waals surface area (Å²) in [5.41, 5.74) is 0.375. The number of rotatable bonds is 8. The van der Waals surface area contributed by atoms with Crippen LogP contribution in [0.5, 0.6) is 11.5 Å². The molecule has 0 radical (unpaired) electrons. The van der Waals surface area contributed by atoms with Gasteiger partial charge in [0.15, 0.2) is 11.5 Å². The van der Waals surface area contributed by atoms with Gasteiger partial charge in [0, 0.05) is 18.7 Å². The number of benzene rings is 2. The first-order valence-corrected chi connectivity index (χ1v) is 11.1. The van der Waals surface area contributed by atoms with Crippen LogP contribution in [0.15, 0.2) is 53.4 Å². The van der Waals surface area contributed by atoms with E-state index in [1.54, 1.807) is 19.2 Å². The van der Waals surface area contributed by atoms with Gasteiger partial charge in [-0.3, -0.25) is 4.79 Å². The van der Waals surface area contributed by atoms with Gasteiger partial charge in [-0.2, -0.15) is 4.31 Å². The van der Waals surface area contributed by atoms with E-state index < -0.39 is 10.0 Å². The standard InChI is InChI=1S/C21H26N2O6S/c1-16(15-29-20-6-4-3-5-19(20)27-2)22-21(24)17-7-9-18(10-8-17)30(25,26)23-11-13-28-14-12-23/h3-10,16H,11-15H2,1-2H3,(H,22,24)/t16-/m1/s1. The average molecular weight is 435 g/mol. The number of amides is 1. The van der Waals surface area contributed by atoms with E-state index in [4.69, 9.17) is 14.2 Å². The molecule has 8 nitrogen and oxygen atoms in total. The first kappa shape index (κ1) is 22.1. The minimum atomic E-state index is -3.58. The third kappa shape index (κ3) is 5.29. The molecule has 0 aliphatic carbocycles. The smallest absolute Gasteiger partial charge is 0.251 e. The summed E-state index contributed by atoms with van der Waals surface area (Å²) in [7, 11) is -2.02. The van der Waals surface area contributed by atoms with Crippen LogP contribution in [0.2, 0.25) is 0 Å². The maximum Gasteiger partial charge on any atom is 0.251 e. The zero-order valence-electron chi connectivity index (χ0n) is 17.0. The highest BCUT2D eigenvalue weighted by atomic mass is 32.2. The topological polar surface area (TPSA) is 94.2 Å². The van der Waals surface area contributed by atoms with Crippen LogP contribution in [0.4, 0.5) is 0 Å². The van der Waals surface area contributed by atoms with Gasteiger partial charge < -0.3 is 19.5 Å². The first-order valence-electron chi connectivity index (χ1n) is 9.66. The Bertz CT molecular complexity index is 956. The highest BCUT2D eigenvalue weighted by Crippen LogP contribution is 2.25. The van der Waals surface area contributed by atoms with E-state index in [0.717, 1.165) is 0 Å². The molecule has 1 heterocycles. The van der Waals surface area contributed by atoms with Gasteiger partial charge in [-0.1, -0.05) is 12.1 Å². The predicted octanol–water partition coefficient (Wildman–Crippen LogP) is 1.91. The lowest BCUT2D eigenvalue weighted by Gasteiger charge is -2.26. The SMILES string of the molecule is COc1ccccc1OC[C@@H](C)NC(=O)c1ccc(S(=O)(=O)N2CCOCC2)cc1. The highest BCUT2D eigenvalue weighted by Gasteiger charge is 2.26. The molecule has 1 amide bonds. The zero-order chi connectivity index (χ0) is 21.6. The predicted molar refractivity (Wildman–Crippen MR) is 111 cm³/mol. The van der Waals surface area contributed by atoms with E-state index in [1.807, 2.05) is 19.1 Å². The number of carbonyl (C=O) groups excluding carboxylic acids is 1. The van der Waals surface area contributed by atoms with Crippen molar-refractivity contribution in [1.29, 1.82) is 0 Å².